The quantitative estimate of drug-likeness (QED) is 0.331. The van der Waals surface area contributed by atoms with Crippen molar-refractivity contribution in [2.45, 2.75) is 70.8 Å². The molecule has 246 valence electrons. The first-order valence-corrected chi connectivity index (χ1v) is 15.1. The van der Waals surface area contributed by atoms with Crippen LogP contribution in [0.15, 0.2) is 42.5 Å². The summed E-state index contributed by atoms with van der Waals surface area (Å²) in [5, 5.41) is 0. The van der Waals surface area contributed by atoms with Gasteiger partial charge in [0, 0.05) is 64.4 Å². The maximum Gasteiger partial charge on any atom is 0.416 e. The van der Waals surface area contributed by atoms with E-state index in [-0.39, 0.29) is 54.8 Å². The van der Waals surface area contributed by atoms with Crippen LogP contribution in [0.25, 0.3) is 0 Å². The zero-order chi connectivity index (χ0) is 33.3. The Labute approximate surface area is 259 Å². The summed E-state index contributed by atoms with van der Waals surface area (Å²) in [6.45, 7) is 6.62. The van der Waals surface area contributed by atoms with Gasteiger partial charge < -0.3 is 14.7 Å². The molecule has 0 radical (unpaired) electrons. The van der Waals surface area contributed by atoms with E-state index >= 15 is 0 Å². The van der Waals surface area contributed by atoms with Crippen LogP contribution in [-0.2, 0) is 33.3 Å². The van der Waals surface area contributed by atoms with E-state index < -0.39 is 47.8 Å². The normalized spacial score (nSPS) is 20.0. The van der Waals surface area contributed by atoms with Crippen molar-refractivity contribution in [1.29, 1.82) is 0 Å². The third kappa shape index (κ3) is 7.99. The minimum Gasteiger partial charge on any atom is -0.343 e. The lowest BCUT2D eigenvalue weighted by Crippen LogP contribution is -2.50. The Bertz CT molecular complexity index is 1370. The minimum atomic E-state index is -4.99. The van der Waals surface area contributed by atoms with E-state index in [0.717, 1.165) is 11.1 Å². The summed E-state index contributed by atoms with van der Waals surface area (Å²) in [6, 6.07) is 8.98. The number of piperidine rings is 2. The van der Waals surface area contributed by atoms with Crippen LogP contribution in [0, 0.1) is 11.8 Å². The molecule has 2 saturated heterocycles. The number of benzene rings is 2. The number of halogens is 6. The van der Waals surface area contributed by atoms with Gasteiger partial charge in [0.15, 0.2) is 0 Å². The highest BCUT2D eigenvalue weighted by Crippen LogP contribution is 2.40. The van der Waals surface area contributed by atoms with Crippen LogP contribution < -0.4 is 0 Å². The van der Waals surface area contributed by atoms with Gasteiger partial charge in [0.2, 0.25) is 17.7 Å². The lowest BCUT2D eigenvalue weighted by Gasteiger charge is -2.42. The Hall–Kier alpha value is -3.57. The maximum absolute atomic E-state index is 13.9. The van der Waals surface area contributed by atoms with Gasteiger partial charge >= 0.3 is 12.4 Å². The van der Waals surface area contributed by atoms with Crippen molar-refractivity contribution in [1.82, 2.24) is 14.7 Å². The van der Waals surface area contributed by atoms with E-state index in [1.54, 1.807) is 9.80 Å². The van der Waals surface area contributed by atoms with Crippen molar-refractivity contribution in [2.24, 2.45) is 11.8 Å². The van der Waals surface area contributed by atoms with Crippen LogP contribution in [0.2, 0.25) is 0 Å². The Balaban J connectivity index is 1.60. The van der Waals surface area contributed by atoms with Gasteiger partial charge in [0.25, 0.3) is 0 Å². The summed E-state index contributed by atoms with van der Waals surface area (Å²) in [5.41, 5.74) is -1.26. The number of hydrogen-bond donors (Lipinski definition) is 0. The van der Waals surface area contributed by atoms with Gasteiger partial charge in [0.05, 0.1) is 11.1 Å². The highest BCUT2D eigenvalue weighted by Gasteiger charge is 2.41. The minimum absolute atomic E-state index is 0.0329. The Morgan fingerprint density at radius 1 is 0.867 bits per heavy atom. The SMILES string of the molecule is CC(=O)N1CCC(C(=O)N2CC[C@@H](C(=O)N(C)Cc3cc(C(F)(F)F)cc(C(F)(F)F)c3)[C@H](c3ccccc3C(C)C)C2)CC1. The largest absolute Gasteiger partial charge is 0.416 e. The Morgan fingerprint density at radius 2 is 1.42 bits per heavy atom. The van der Waals surface area contributed by atoms with Gasteiger partial charge in [-0.15, -0.1) is 0 Å². The van der Waals surface area contributed by atoms with E-state index in [0.29, 0.717) is 38.1 Å². The highest BCUT2D eigenvalue weighted by atomic mass is 19.4. The smallest absolute Gasteiger partial charge is 0.343 e. The molecule has 2 aliphatic rings. The van der Waals surface area contributed by atoms with Gasteiger partial charge in [0.1, 0.15) is 0 Å². The average Bonchev–Trinajstić information content (AvgIpc) is 2.99. The van der Waals surface area contributed by atoms with Gasteiger partial charge in [-0.05, 0) is 60.1 Å². The van der Waals surface area contributed by atoms with Gasteiger partial charge in [-0.3, -0.25) is 14.4 Å². The molecule has 2 fully saturated rings. The van der Waals surface area contributed by atoms with Crippen molar-refractivity contribution in [3.05, 3.63) is 70.3 Å². The first kappa shape index (κ1) is 34.3. The van der Waals surface area contributed by atoms with E-state index in [4.69, 9.17) is 0 Å². The summed E-state index contributed by atoms with van der Waals surface area (Å²) in [4.78, 5) is 44.0. The van der Waals surface area contributed by atoms with E-state index in [1.807, 2.05) is 38.1 Å². The van der Waals surface area contributed by atoms with Gasteiger partial charge in [-0.25, -0.2) is 0 Å². The zero-order valence-electron chi connectivity index (χ0n) is 25.8. The van der Waals surface area contributed by atoms with Crippen LogP contribution >= 0.6 is 0 Å². The molecule has 0 aliphatic carbocycles. The molecule has 2 heterocycles. The Morgan fingerprint density at radius 3 is 1.96 bits per heavy atom. The van der Waals surface area contributed by atoms with Crippen LogP contribution in [-0.4, -0.2) is 65.6 Å². The van der Waals surface area contributed by atoms with Gasteiger partial charge in [-0.1, -0.05) is 38.1 Å². The van der Waals surface area contributed by atoms with Crippen LogP contribution in [0.4, 0.5) is 26.3 Å². The summed E-state index contributed by atoms with van der Waals surface area (Å²) < 4.78 is 80.7. The molecule has 45 heavy (non-hydrogen) atoms. The standard InChI is InChI=1S/C33H39F6N3O3/c1-20(2)26-7-5-6-8-27(26)29-19-42(30(44)23-9-12-41(13-10-23)21(3)43)14-11-28(29)31(45)40(4)18-22-15-24(32(34,35)36)17-25(16-22)33(37,38)39/h5-8,15-17,20,23,28-29H,9-14,18-19H2,1-4H3/t28-,29+/m1/s1. The number of hydrogen-bond acceptors (Lipinski definition) is 3. The Kier molecular flexibility index (Phi) is 10.2. The first-order chi connectivity index (χ1) is 21.0. The predicted molar refractivity (Wildman–Crippen MR) is 156 cm³/mol. The second kappa shape index (κ2) is 13.4. The molecule has 0 spiro atoms. The fourth-order valence-electron chi connectivity index (χ4n) is 6.58. The molecule has 2 aromatic rings. The van der Waals surface area contributed by atoms with Crippen molar-refractivity contribution in [3.8, 4) is 0 Å². The van der Waals surface area contributed by atoms with E-state index in [1.165, 1.54) is 18.9 Å². The van der Waals surface area contributed by atoms with Crippen LogP contribution in [0.3, 0.4) is 0 Å². The molecule has 0 saturated carbocycles. The summed E-state index contributed by atoms with van der Waals surface area (Å²) >= 11 is 0. The molecule has 2 aliphatic heterocycles. The second-order valence-electron chi connectivity index (χ2n) is 12.5. The van der Waals surface area contributed by atoms with Crippen molar-refractivity contribution in [3.63, 3.8) is 0 Å². The molecular formula is C33H39F6N3O3. The summed E-state index contributed by atoms with van der Waals surface area (Å²) in [6.07, 6.45) is -8.61. The predicted octanol–water partition coefficient (Wildman–Crippen LogP) is 6.70. The molecule has 12 heteroatoms. The molecule has 0 N–H and O–H groups in total. The molecule has 0 aromatic heterocycles. The summed E-state index contributed by atoms with van der Waals surface area (Å²) in [7, 11) is 1.38. The second-order valence-corrected chi connectivity index (χ2v) is 12.5. The van der Waals surface area contributed by atoms with Gasteiger partial charge in [-0.2, -0.15) is 26.3 Å². The molecule has 3 amide bonds. The van der Waals surface area contributed by atoms with Crippen LogP contribution in [0.5, 0.6) is 0 Å². The number of alkyl halides is 6. The number of carbonyl (C=O) groups excluding carboxylic acids is 3. The average molecular weight is 640 g/mol. The highest BCUT2D eigenvalue weighted by molar-refractivity contribution is 5.82. The number of rotatable bonds is 6. The molecule has 0 bridgehead atoms. The van der Waals surface area contributed by atoms with E-state index in [9.17, 15) is 40.7 Å². The number of likely N-dealkylation sites (tertiary alicyclic amines) is 2. The molecule has 2 aromatic carbocycles. The molecule has 2 atom stereocenters. The fraction of sp³-hybridized carbons (Fsp3) is 0.545. The number of nitrogens with zero attached hydrogens (tertiary/aromatic N) is 3. The third-order valence-corrected chi connectivity index (χ3v) is 8.99. The van der Waals surface area contributed by atoms with Crippen molar-refractivity contribution < 1.29 is 40.7 Å². The molecule has 4 rings (SSSR count). The van der Waals surface area contributed by atoms with E-state index in [2.05, 4.69) is 0 Å². The molecule has 0 unspecified atom stereocenters. The third-order valence-electron chi connectivity index (χ3n) is 8.99. The van der Waals surface area contributed by atoms with Crippen molar-refractivity contribution >= 4 is 17.7 Å². The lowest BCUT2D eigenvalue weighted by molar-refractivity contribution is -0.145. The summed E-state index contributed by atoms with van der Waals surface area (Å²) in [5.74, 6) is -1.70. The van der Waals surface area contributed by atoms with Crippen LogP contribution in [0.1, 0.15) is 79.7 Å². The van der Waals surface area contributed by atoms with Crippen molar-refractivity contribution in [2.75, 3.05) is 33.2 Å². The maximum atomic E-state index is 13.9. The molecule has 6 nitrogen and oxygen atoms in total. The zero-order valence-corrected chi connectivity index (χ0v) is 25.8. The number of carbonyl (C=O) groups is 3. The number of amides is 3. The first-order valence-electron chi connectivity index (χ1n) is 15.1. The fourth-order valence-corrected chi connectivity index (χ4v) is 6.58. The lowest BCUT2D eigenvalue weighted by atomic mass is 9.76. The molecular weight excluding hydrogens is 600 g/mol. The monoisotopic (exact) mass is 639 g/mol. The topological polar surface area (TPSA) is 60.9 Å².